The van der Waals surface area contributed by atoms with Gasteiger partial charge in [-0.1, -0.05) is 176 Å². The van der Waals surface area contributed by atoms with Gasteiger partial charge in [-0.05, 0) is 85.6 Å². The molecule has 274 valence electrons. The van der Waals surface area contributed by atoms with Gasteiger partial charge in [-0.15, -0.1) is 0 Å². The van der Waals surface area contributed by atoms with Crippen molar-refractivity contribution < 1.29 is 0 Å². The summed E-state index contributed by atoms with van der Waals surface area (Å²) in [5.74, 6) is 0.707. The highest BCUT2D eigenvalue weighted by Gasteiger charge is 2.21. The second-order valence-corrected chi connectivity index (χ2v) is 15.3. The van der Waals surface area contributed by atoms with Crippen LogP contribution in [0.2, 0.25) is 0 Å². The number of nitrogens with zero attached hydrogens (tertiary/aromatic N) is 3. The molecule has 0 saturated heterocycles. The van der Waals surface area contributed by atoms with Gasteiger partial charge in [-0.2, -0.15) is 0 Å². The smallest absolute Gasteiger partial charge is 0.161 e. The summed E-state index contributed by atoms with van der Waals surface area (Å²) in [6.07, 6.45) is 0. The third kappa shape index (κ3) is 5.36. The van der Waals surface area contributed by atoms with Crippen molar-refractivity contribution in [3.05, 3.63) is 212 Å². The Morgan fingerprint density at radius 2 is 0.847 bits per heavy atom. The average molecular weight is 750 g/mol. The van der Waals surface area contributed by atoms with Crippen LogP contribution in [0.5, 0.6) is 0 Å². The minimum Gasteiger partial charge on any atom is -0.309 e. The van der Waals surface area contributed by atoms with Crippen molar-refractivity contribution >= 4 is 65.0 Å². The summed E-state index contributed by atoms with van der Waals surface area (Å²) in [6.45, 7) is 0. The zero-order valence-electron chi connectivity index (χ0n) is 32.0. The highest BCUT2D eigenvalue weighted by Crippen LogP contribution is 2.43. The molecule has 10 aromatic carbocycles. The molecule has 59 heavy (non-hydrogen) atoms. The van der Waals surface area contributed by atoms with E-state index in [9.17, 15) is 0 Å². The molecule has 0 radical (unpaired) electrons. The van der Waals surface area contributed by atoms with Gasteiger partial charge in [-0.25, -0.2) is 9.97 Å². The SMILES string of the molecule is c1ccc(-c2ccc(-c3cccc(-c4nc(-c5ccc(-n6c7ccc8ccccc8c7c7c8ccccc8ccc76)c6ccccc56)nc5ccccc45)c3)cc2)cc1. The molecule has 0 N–H and O–H groups in total. The zero-order valence-corrected chi connectivity index (χ0v) is 32.0. The first-order chi connectivity index (χ1) is 29.3. The quantitative estimate of drug-likeness (QED) is 0.175. The van der Waals surface area contributed by atoms with Gasteiger partial charge in [-0.3, -0.25) is 0 Å². The largest absolute Gasteiger partial charge is 0.309 e. The molecule has 0 atom stereocenters. The average Bonchev–Trinajstić information content (AvgIpc) is 3.66. The minimum absolute atomic E-state index is 0.707. The normalized spacial score (nSPS) is 11.7. The molecule has 0 aliphatic heterocycles. The number of para-hydroxylation sites is 1. The first-order valence-electron chi connectivity index (χ1n) is 20.2. The molecule has 0 unspecified atom stereocenters. The maximum Gasteiger partial charge on any atom is 0.161 e. The Bertz CT molecular complexity index is 3510. The second-order valence-electron chi connectivity index (χ2n) is 15.3. The predicted molar refractivity (Wildman–Crippen MR) is 248 cm³/mol. The standard InChI is InChI=1S/C56H35N3/c1-2-13-36(14-3-1)37-25-27-38(28-26-37)41-17-12-18-42(35-41)55-48-23-10-11-24-49(48)57-56(58-55)47-31-34-50(46-22-9-8-21-45(46)47)59-51-32-29-39-15-4-6-19-43(39)53(51)54-44-20-7-5-16-40(44)30-33-52(54)59/h1-35H. The lowest BCUT2D eigenvalue weighted by atomic mass is 9.97. The maximum atomic E-state index is 5.42. The van der Waals surface area contributed by atoms with E-state index in [1.54, 1.807) is 0 Å². The van der Waals surface area contributed by atoms with E-state index in [4.69, 9.17) is 9.97 Å². The molecule has 12 rings (SSSR count). The van der Waals surface area contributed by atoms with Crippen LogP contribution in [-0.4, -0.2) is 14.5 Å². The fourth-order valence-electron chi connectivity index (χ4n) is 9.23. The number of fused-ring (bicyclic) bond motifs is 9. The maximum absolute atomic E-state index is 5.42. The van der Waals surface area contributed by atoms with Crippen LogP contribution in [-0.2, 0) is 0 Å². The molecule has 0 spiro atoms. The van der Waals surface area contributed by atoms with Crippen LogP contribution in [0.25, 0.3) is 116 Å². The Kier molecular flexibility index (Phi) is 7.54. The number of benzene rings is 10. The van der Waals surface area contributed by atoms with Crippen molar-refractivity contribution in [2.75, 3.05) is 0 Å². The van der Waals surface area contributed by atoms with E-state index < -0.39 is 0 Å². The Labute approximate surface area is 341 Å². The molecule has 0 bridgehead atoms. The minimum atomic E-state index is 0.707. The van der Waals surface area contributed by atoms with Crippen molar-refractivity contribution in [3.8, 4) is 50.6 Å². The highest BCUT2D eigenvalue weighted by molar-refractivity contribution is 6.29. The molecule has 0 amide bonds. The summed E-state index contributed by atoms with van der Waals surface area (Å²) in [5.41, 5.74) is 12.1. The lowest BCUT2D eigenvalue weighted by Crippen LogP contribution is -1.99. The fourth-order valence-corrected chi connectivity index (χ4v) is 9.23. The summed E-state index contributed by atoms with van der Waals surface area (Å²) in [4.78, 5) is 10.7. The molecule has 3 nitrogen and oxygen atoms in total. The van der Waals surface area contributed by atoms with E-state index >= 15 is 0 Å². The number of hydrogen-bond donors (Lipinski definition) is 0. The van der Waals surface area contributed by atoms with Crippen molar-refractivity contribution in [1.82, 2.24) is 14.5 Å². The molecule has 0 aliphatic carbocycles. The van der Waals surface area contributed by atoms with Crippen LogP contribution in [0.4, 0.5) is 0 Å². The van der Waals surface area contributed by atoms with Gasteiger partial charge in [0.1, 0.15) is 0 Å². The molecule has 12 aromatic rings. The summed E-state index contributed by atoms with van der Waals surface area (Å²) >= 11 is 0. The van der Waals surface area contributed by atoms with Crippen LogP contribution < -0.4 is 0 Å². The molecule has 2 aromatic heterocycles. The van der Waals surface area contributed by atoms with Crippen LogP contribution >= 0.6 is 0 Å². The van der Waals surface area contributed by atoms with Gasteiger partial charge in [0.25, 0.3) is 0 Å². The summed E-state index contributed by atoms with van der Waals surface area (Å²) < 4.78 is 2.46. The zero-order chi connectivity index (χ0) is 38.9. The van der Waals surface area contributed by atoms with Crippen molar-refractivity contribution in [2.45, 2.75) is 0 Å². The van der Waals surface area contributed by atoms with Gasteiger partial charge in [0, 0.05) is 32.7 Å². The van der Waals surface area contributed by atoms with Crippen LogP contribution in [0, 0.1) is 0 Å². The van der Waals surface area contributed by atoms with Gasteiger partial charge in [0.05, 0.1) is 27.9 Å². The highest BCUT2D eigenvalue weighted by atomic mass is 15.0. The third-order valence-electron chi connectivity index (χ3n) is 12.0. The molecule has 0 fully saturated rings. The third-order valence-corrected chi connectivity index (χ3v) is 12.0. The number of aromatic nitrogens is 3. The topological polar surface area (TPSA) is 30.7 Å². The first-order valence-corrected chi connectivity index (χ1v) is 20.2. The van der Waals surface area contributed by atoms with Crippen molar-refractivity contribution in [3.63, 3.8) is 0 Å². The van der Waals surface area contributed by atoms with E-state index in [2.05, 4.69) is 217 Å². The molecule has 2 heterocycles. The Morgan fingerprint density at radius 3 is 1.54 bits per heavy atom. The number of rotatable bonds is 5. The van der Waals surface area contributed by atoms with Gasteiger partial charge < -0.3 is 4.57 Å². The first kappa shape index (κ1) is 33.3. The fraction of sp³-hybridized carbons (Fsp3) is 0. The summed E-state index contributed by atoms with van der Waals surface area (Å²) in [5, 5.41) is 10.8. The molecule has 3 heteroatoms. The Morgan fingerprint density at radius 1 is 0.322 bits per heavy atom. The Balaban J connectivity index is 1.04. The summed E-state index contributed by atoms with van der Waals surface area (Å²) in [6, 6.07) is 76.2. The predicted octanol–water partition coefficient (Wildman–Crippen LogP) is 14.9. The van der Waals surface area contributed by atoms with Crippen molar-refractivity contribution in [1.29, 1.82) is 0 Å². The molecule has 0 saturated carbocycles. The van der Waals surface area contributed by atoms with Crippen LogP contribution in [0.3, 0.4) is 0 Å². The van der Waals surface area contributed by atoms with E-state index in [0.717, 1.165) is 55.3 Å². The van der Waals surface area contributed by atoms with Gasteiger partial charge in [0.15, 0.2) is 5.82 Å². The van der Waals surface area contributed by atoms with Crippen LogP contribution in [0.15, 0.2) is 212 Å². The van der Waals surface area contributed by atoms with E-state index in [1.165, 1.54) is 54.5 Å². The summed E-state index contributed by atoms with van der Waals surface area (Å²) in [7, 11) is 0. The lowest BCUT2D eigenvalue weighted by Gasteiger charge is -2.16. The van der Waals surface area contributed by atoms with Crippen LogP contribution in [0.1, 0.15) is 0 Å². The second kappa shape index (κ2) is 13.4. The van der Waals surface area contributed by atoms with Gasteiger partial charge >= 0.3 is 0 Å². The number of hydrogen-bond acceptors (Lipinski definition) is 2. The molecular weight excluding hydrogens is 715 g/mol. The van der Waals surface area contributed by atoms with Crippen molar-refractivity contribution in [2.24, 2.45) is 0 Å². The molecular formula is C56H35N3. The van der Waals surface area contributed by atoms with E-state index in [-0.39, 0.29) is 0 Å². The Hall–Kier alpha value is -7.88. The lowest BCUT2D eigenvalue weighted by molar-refractivity contribution is 1.19. The molecule has 0 aliphatic rings. The van der Waals surface area contributed by atoms with E-state index in [0.29, 0.717) is 5.82 Å². The van der Waals surface area contributed by atoms with E-state index in [1.807, 2.05) is 0 Å². The van der Waals surface area contributed by atoms with Gasteiger partial charge in [0.2, 0.25) is 0 Å². The monoisotopic (exact) mass is 749 g/mol.